The van der Waals surface area contributed by atoms with Gasteiger partial charge in [0.25, 0.3) is 0 Å². The van der Waals surface area contributed by atoms with E-state index < -0.39 is 7.82 Å². The third-order valence-electron chi connectivity index (χ3n) is 8.05. The van der Waals surface area contributed by atoms with Crippen LogP contribution in [-0.2, 0) is 32.1 Å². The Morgan fingerprint density at radius 2 is 1.37 bits per heavy atom. The van der Waals surface area contributed by atoms with Gasteiger partial charge in [0.05, 0.1) is 0 Å². The zero-order chi connectivity index (χ0) is 26.4. The van der Waals surface area contributed by atoms with Gasteiger partial charge in [0.1, 0.15) is 17.1 Å². The summed E-state index contributed by atoms with van der Waals surface area (Å²) in [6.45, 7) is 17.3. The maximum absolute atomic E-state index is 11.5. The molecule has 1 aromatic carbocycles. The van der Waals surface area contributed by atoms with Crippen molar-refractivity contribution >= 4 is 7.82 Å². The van der Waals surface area contributed by atoms with Crippen LogP contribution in [0.25, 0.3) is 12.3 Å². The molecule has 0 saturated heterocycles. The number of hydrogen-bond acceptors (Lipinski definition) is 3. The Kier molecular flexibility index (Phi) is 18.2. The summed E-state index contributed by atoms with van der Waals surface area (Å²) in [5.41, 5.74) is 3.24. The van der Waals surface area contributed by atoms with Crippen LogP contribution in [0.15, 0.2) is 0 Å². The Hall–Kier alpha value is -0.422. The van der Waals surface area contributed by atoms with Gasteiger partial charge < -0.3 is 21.6 Å². The summed E-state index contributed by atoms with van der Waals surface area (Å²) in [6, 6.07) is 0. The van der Waals surface area contributed by atoms with Gasteiger partial charge in [0.15, 0.2) is 0 Å². The third-order valence-corrected chi connectivity index (χ3v) is 8.47. The number of ether oxygens (including phenoxy) is 1. The quantitative estimate of drug-likeness (QED) is 0.183. The second kappa shape index (κ2) is 17.4. The van der Waals surface area contributed by atoms with Crippen molar-refractivity contribution in [3.8, 4) is 11.5 Å². The van der Waals surface area contributed by atoms with Crippen LogP contribution in [0.2, 0.25) is 0 Å². The monoisotopic (exact) mass is 737 g/mol. The van der Waals surface area contributed by atoms with Crippen molar-refractivity contribution in [3.63, 3.8) is 0 Å². The predicted molar refractivity (Wildman–Crippen MR) is 156 cm³/mol. The van der Waals surface area contributed by atoms with E-state index in [0.717, 1.165) is 71.4 Å². The van der Waals surface area contributed by atoms with Crippen molar-refractivity contribution in [3.05, 3.63) is 34.6 Å². The molecule has 9 heteroatoms. The first-order valence-electron chi connectivity index (χ1n) is 13.8. The molecule has 0 amide bonds. The van der Waals surface area contributed by atoms with Gasteiger partial charge >= 0.3 is 28.9 Å². The summed E-state index contributed by atoms with van der Waals surface area (Å²) in [5, 5.41) is 0. The minimum atomic E-state index is -4.61. The molecule has 0 spiro atoms. The van der Waals surface area contributed by atoms with E-state index in [9.17, 15) is 14.4 Å². The van der Waals surface area contributed by atoms with E-state index in [1.807, 2.05) is 20.8 Å². The molecule has 0 unspecified atom stereocenters. The first-order chi connectivity index (χ1) is 16.2. The number of hydrogen-bond donors (Lipinski definition) is 2. The molecule has 6 N–H and O–H groups in total. The van der Waals surface area contributed by atoms with Crippen LogP contribution in [0.3, 0.4) is 0 Å². The standard InChI is InChI=1S/C29H51O5P.2H2N.Pt/c1-20(2)12-9-13-21(3)14-10-15-22(4)16-11-18-29(8)19-17-26-25(7)27(34-35(30,31)32)23(5)24(6)28(26)33-29;;;/h20-22H,9-19H2,1-8H3,(H2,30,31,32);2*1H2;/q;2*-1;+2/t21-,22-,29-;;;/m1.../s1. The molecule has 1 aliphatic rings. The summed E-state index contributed by atoms with van der Waals surface area (Å²) in [5.74, 6) is 3.59. The van der Waals surface area contributed by atoms with Gasteiger partial charge in [-0.1, -0.05) is 72.6 Å². The molecule has 226 valence electrons. The minimum Gasteiger partial charge on any atom is -0.693 e. The Morgan fingerprint density at radius 1 is 0.868 bits per heavy atom. The average molecular weight is 738 g/mol. The van der Waals surface area contributed by atoms with Crippen LogP contribution in [-0.4, -0.2) is 15.4 Å². The van der Waals surface area contributed by atoms with Gasteiger partial charge in [-0.3, -0.25) is 9.79 Å². The van der Waals surface area contributed by atoms with Gasteiger partial charge in [-0.05, 0) is 87.8 Å². The second-order valence-electron chi connectivity index (χ2n) is 12.0. The van der Waals surface area contributed by atoms with Crippen molar-refractivity contribution in [2.75, 3.05) is 0 Å². The van der Waals surface area contributed by atoms with E-state index in [1.54, 1.807) is 0 Å². The second-order valence-corrected chi connectivity index (χ2v) is 13.2. The fraction of sp³-hybridized carbons (Fsp3) is 0.793. The molecule has 1 aliphatic heterocycles. The fourth-order valence-corrected chi connectivity index (χ4v) is 6.03. The summed E-state index contributed by atoms with van der Waals surface area (Å²) in [7, 11) is -4.61. The molecular weight excluding hydrogens is 682 g/mol. The van der Waals surface area contributed by atoms with E-state index in [1.165, 1.54) is 44.9 Å². The van der Waals surface area contributed by atoms with E-state index in [-0.39, 0.29) is 39.0 Å². The zero-order valence-corrected chi connectivity index (χ0v) is 28.2. The SMILES string of the molecule is Cc1c(C)c2c(c(C)c1OP(=O)(O)O)CC[C@@](C)(CCC[C@H](C)CCC[C@H](C)CCCC(C)C)O2.[NH2-].[NH2-].[Pt+2]. The third kappa shape index (κ3) is 12.4. The average Bonchev–Trinajstić information content (AvgIpc) is 2.74. The number of nitrogens with two attached hydrogens (primary N) is 2. The molecular formula is C29H55N2O5PPt. The molecule has 0 aliphatic carbocycles. The molecule has 2 rings (SSSR count). The molecule has 7 nitrogen and oxygen atoms in total. The predicted octanol–water partition coefficient (Wildman–Crippen LogP) is 10.0. The topological polar surface area (TPSA) is 143 Å². The fourth-order valence-electron chi connectivity index (χ4n) is 5.52. The Morgan fingerprint density at radius 3 is 1.87 bits per heavy atom. The van der Waals surface area contributed by atoms with Gasteiger partial charge in [0, 0.05) is 5.56 Å². The van der Waals surface area contributed by atoms with Crippen molar-refractivity contribution in [2.45, 2.75) is 132 Å². The molecule has 0 aromatic heterocycles. The van der Waals surface area contributed by atoms with Crippen molar-refractivity contribution in [2.24, 2.45) is 17.8 Å². The summed E-state index contributed by atoms with van der Waals surface area (Å²) < 4.78 is 23.1. The smallest absolute Gasteiger partial charge is 0.693 e. The summed E-state index contributed by atoms with van der Waals surface area (Å²) in [6.07, 6.45) is 13.3. The van der Waals surface area contributed by atoms with Crippen LogP contribution < -0.4 is 9.26 Å². The number of phosphoric ester groups is 1. The molecule has 0 bridgehead atoms. The number of fused-ring (bicyclic) bond motifs is 1. The minimum absolute atomic E-state index is 0. The zero-order valence-electron chi connectivity index (χ0n) is 25.0. The van der Waals surface area contributed by atoms with Gasteiger partial charge in [-0.2, -0.15) is 0 Å². The van der Waals surface area contributed by atoms with E-state index in [2.05, 4.69) is 34.6 Å². The van der Waals surface area contributed by atoms with Crippen molar-refractivity contribution in [1.29, 1.82) is 0 Å². The summed E-state index contributed by atoms with van der Waals surface area (Å²) >= 11 is 0. The summed E-state index contributed by atoms with van der Waals surface area (Å²) in [4.78, 5) is 18.7. The van der Waals surface area contributed by atoms with Crippen LogP contribution in [0.5, 0.6) is 11.5 Å². The first kappa shape index (κ1) is 39.7. The Bertz CT molecular complexity index is 892. The molecule has 0 saturated carbocycles. The van der Waals surface area contributed by atoms with E-state index >= 15 is 0 Å². The maximum atomic E-state index is 11.5. The van der Waals surface area contributed by atoms with Crippen LogP contribution in [0.4, 0.5) is 0 Å². The molecule has 0 fully saturated rings. The molecule has 1 heterocycles. The van der Waals surface area contributed by atoms with E-state index in [4.69, 9.17) is 9.26 Å². The molecule has 0 radical (unpaired) electrons. The molecule has 3 atom stereocenters. The van der Waals surface area contributed by atoms with Gasteiger partial charge in [-0.25, -0.2) is 4.57 Å². The first-order valence-corrected chi connectivity index (χ1v) is 15.3. The number of rotatable bonds is 14. The molecule has 38 heavy (non-hydrogen) atoms. The maximum Gasteiger partial charge on any atom is 2.00 e. The molecule has 1 aromatic rings. The van der Waals surface area contributed by atoms with Crippen molar-refractivity contribution in [1.82, 2.24) is 0 Å². The number of phosphoric acid groups is 1. The van der Waals surface area contributed by atoms with Crippen LogP contribution >= 0.6 is 7.82 Å². The van der Waals surface area contributed by atoms with Crippen molar-refractivity contribution < 1.29 is 44.7 Å². The number of benzene rings is 1. The van der Waals surface area contributed by atoms with Crippen LogP contribution in [0.1, 0.15) is 121 Å². The normalized spacial score (nSPS) is 18.3. The van der Waals surface area contributed by atoms with Crippen LogP contribution in [0, 0.1) is 38.5 Å². The van der Waals surface area contributed by atoms with E-state index in [0.29, 0.717) is 5.75 Å². The van der Waals surface area contributed by atoms with Gasteiger partial charge in [0.2, 0.25) is 0 Å². The van der Waals surface area contributed by atoms with Gasteiger partial charge in [-0.15, -0.1) is 0 Å². The Balaban J connectivity index is 0. The Labute approximate surface area is 247 Å². The largest absolute Gasteiger partial charge is 2.00 e.